The average Bonchev–Trinajstić information content (AvgIpc) is 2.19. The number of hydrogen-bond acceptors (Lipinski definition) is 2. The third kappa shape index (κ3) is 2.82. The molecule has 0 aromatic rings. The Bertz CT molecular complexity index is 198. The summed E-state index contributed by atoms with van der Waals surface area (Å²) in [6.45, 7) is 4.33. The quantitative estimate of drug-likeness (QED) is 0.703. The number of nitrogens with two attached hydrogens (primary N) is 1. The van der Waals surface area contributed by atoms with E-state index >= 15 is 0 Å². The molecule has 0 aliphatic heterocycles. The predicted octanol–water partition coefficient (Wildman–Crippen LogP) is 2.49. The van der Waals surface area contributed by atoms with Gasteiger partial charge in [0, 0.05) is 7.11 Å². The summed E-state index contributed by atoms with van der Waals surface area (Å²) < 4.78 is 5.46. The van der Waals surface area contributed by atoms with Gasteiger partial charge in [-0.15, -0.1) is 0 Å². The Hall–Kier alpha value is -0.340. The van der Waals surface area contributed by atoms with Crippen LogP contribution in [0.1, 0.15) is 39.5 Å². The van der Waals surface area contributed by atoms with E-state index in [4.69, 9.17) is 10.5 Å². The Balaban J connectivity index is 2.61. The number of ether oxygens (including phenoxy) is 1. The minimum absolute atomic E-state index is 0.0975. The van der Waals surface area contributed by atoms with Crippen LogP contribution in [0.15, 0.2) is 11.6 Å². The summed E-state index contributed by atoms with van der Waals surface area (Å²) in [7, 11) is 1.76. The molecule has 1 aliphatic rings. The van der Waals surface area contributed by atoms with Gasteiger partial charge in [-0.05, 0) is 31.6 Å². The van der Waals surface area contributed by atoms with E-state index < -0.39 is 0 Å². The van der Waals surface area contributed by atoms with E-state index in [0.717, 1.165) is 6.42 Å². The van der Waals surface area contributed by atoms with Crippen LogP contribution < -0.4 is 5.73 Å². The molecule has 2 N–H and O–H groups in total. The maximum atomic E-state index is 6.21. The van der Waals surface area contributed by atoms with Gasteiger partial charge in [0.25, 0.3) is 0 Å². The number of hydrogen-bond donors (Lipinski definition) is 1. The highest BCUT2D eigenvalue weighted by molar-refractivity contribution is 5.14. The molecule has 0 bridgehead atoms. The molecule has 0 amide bonds. The Kier molecular flexibility index (Phi) is 4.63. The number of rotatable bonds is 4. The molecule has 14 heavy (non-hydrogen) atoms. The molecule has 2 heteroatoms. The lowest BCUT2D eigenvalue weighted by Gasteiger charge is -2.29. The van der Waals surface area contributed by atoms with E-state index in [1.54, 1.807) is 7.11 Å². The van der Waals surface area contributed by atoms with Gasteiger partial charge in [-0.25, -0.2) is 0 Å². The summed E-state index contributed by atoms with van der Waals surface area (Å²) in [5.41, 5.74) is 7.61. The predicted molar refractivity (Wildman–Crippen MR) is 60.2 cm³/mol. The smallest absolute Gasteiger partial charge is 0.0783 e. The molecule has 0 aromatic heterocycles. The van der Waals surface area contributed by atoms with Crippen LogP contribution in [0.25, 0.3) is 0 Å². The Morgan fingerprint density at radius 3 is 2.50 bits per heavy atom. The maximum absolute atomic E-state index is 6.21. The van der Waals surface area contributed by atoms with Crippen LogP contribution >= 0.6 is 0 Å². The van der Waals surface area contributed by atoms with Crippen molar-refractivity contribution in [1.82, 2.24) is 0 Å². The zero-order chi connectivity index (χ0) is 10.6. The molecule has 2 atom stereocenters. The van der Waals surface area contributed by atoms with Crippen molar-refractivity contribution in [1.29, 1.82) is 0 Å². The van der Waals surface area contributed by atoms with E-state index in [-0.39, 0.29) is 12.1 Å². The van der Waals surface area contributed by atoms with Crippen molar-refractivity contribution >= 4 is 0 Å². The molecule has 1 rings (SSSR count). The van der Waals surface area contributed by atoms with E-state index in [2.05, 4.69) is 19.9 Å². The highest BCUT2D eigenvalue weighted by Crippen LogP contribution is 2.24. The van der Waals surface area contributed by atoms with Gasteiger partial charge in [-0.1, -0.05) is 25.5 Å². The molecule has 0 spiro atoms. The first-order valence-corrected chi connectivity index (χ1v) is 5.64. The second kappa shape index (κ2) is 5.52. The van der Waals surface area contributed by atoms with Crippen LogP contribution in [0, 0.1) is 5.92 Å². The van der Waals surface area contributed by atoms with Gasteiger partial charge >= 0.3 is 0 Å². The van der Waals surface area contributed by atoms with Gasteiger partial charge in [0.2, 0.25) is 0 Å². The van der Waals surface area contributed by atoms with E-state index in [1.165, 1.54) is 24.8 Å². The fourth-order valence-corrected chi connectivity index (χ4v) is 2.21. The van der Waals surface area contributed by atoms with Crippen molar-refractivity contribution in [3.63, 3.8) is 0 Å². The molecule has 0 heterocycles. The molecule has 2 nitrogen and oxygen atoms in total. The summed E-state index contributed by atoms with van der Waals surface area (Å²) in [5, 5.41) is 0. The minimum Gasteiger partial charge on any atom is -0.379 e. The third-order valence-electron chi connectivity index (χ3n) is 3.04. The zero-order valence-corrected chi connectivity index (χ0v) is 9.62. The van der Waals surface area contributed by atoms with Crippen molar-refractivity contribution in [3.8, 4) is 0 Å². The van der Waals surface area contributed by atoms with Crippen molar-refractivity contribution in [2.45, 2.75) is 51.7 Å². The van der Waals surface area contributed by atoms with Crippen LogP contribution in [0.5, 0.6) is 0 Å². The summed E-state index contributed by atoms with van der Waals surface area (Å²) in [4.78, 5) is 0. The van der Waals surface area contributed by atoms with Gasteiger partial charge in [0.15, 0.2) is 0 Å². The van der Waals surface area contributed by atoms with E-state index in [0.29, 0.717) is 5.92 Å². The summed E-state index contributed by atoms with van der Waals surface area (Å²) in [6, 6.07) is 0.0975. The molecule has 0 saturated carbocycles. The lowest BCUT2D eigenvalue weighted by molar-refractivity contribution is 0.0516. The monoisotopic (exact) mass is 197 g/mol. The molecule has 0 saturated heterocycles. The lowest BCUT2D eigenvalue weighted by Crippen LogP contribution is -2.41. The number of methoxy groups -OCH3 is 1. The Morgan fingerprint density at radius 1 is 1.36 bits per heavy atom. The summed E-state index contributed by atoms with van der Waals surface area (Å²) >= 11 is 0. The Morgan fingerprint density at radius 2 is 2.07 bits per heavy atom. The highest BCUT2D eigenvalue weighted by atomic mass is 16.5. The molecule has 82 valence electrons. The topological polar surface area (TPSA) is 35.2 Å². The van der Waals surface area contributed by atoms with Crippen LogP contribution in [0.3, 0.4) is 0 Å². The zero-order valence-electron chi connectivity index (χ0n) is 9.62. The minimum atomic E-state index is 0.0975. The molecule has 0 radical (unpaired) electrons. The molecule has 1 aliphatic carbocycles. The van der Waals surface area contributed by atoms with Crippen LogP contribution in [-0.4, -0.2) is 19.3 Å². The van der Waals surface area contributed by atoms with Crippen LogP contribution in [-0.2, 0) is 4.74 Å². The molecule has 2 unspecified atom stereocenters. The van der Waals surface area contributed by atoms with E-state index in [1.807, 2.05) is 0 Å². The van der Waals surface area contributed by atoms with Crippen molar-refractivity contribution in [2.75, 3.05) is 7.11 Å². The molecule has 0 fully saturated rings. The van der Waals surface area contributed by atoms with Gasteiger partial charge in [0.05, 0.1) is 12.1 Å². The maximum Gasteiger partial charge on any atom is 0.0783 e. The first kappa shape index (κ1) is 11.7. The summed E-state index contributed by atoms with van der Waals surface area (Å²) in [6.07, 6.45) is 7.43. The number of allylic oxidation sites excluding steroid dienone is 1. The Labute approximate surface area is 87.5 Å². The standard InChI is InChI=1S/C12H23NO/c1-9(2)12(14-3)11(13)10-7-5-4-6-8-10/h7,9,11-12H,4-6,8,13H2,1-3H3. The molecular weight excluding hydrogens is 174 g/mol. The van der Waals surface area contributed by atoms with Crippen molar-refractivity contribution in [3.05, 3.63) is 11.6 Å². The highest BCUT2D eigenvalue weighted by Gasteiger charge is 2.24. The largest absolute Gasteiger partial charge is 0.379 e. The van der Waals surface area contributed by atoms with Gasteiger partial charge in [-0.2, -0.15) is 0 Å². The van der Waals surface area contributed by atoms with Crippen molar-refractivity contribution in [2.24, 2.45) is 11.7 Å². The fourth-order valence-electron chi connectivity index (χ4n) is 2.21. The van der Waals surface area contributed by atoms with Crippen LogP contribution in [0.2, 0.25) is 0 Å². The first-order valence-electron chi connectivity index (χ1n) is 5.64. The molecular formula is C12H23NO. The lowest BCUT2D eigenvalue weighted by atomic mass is 9.88. The van der Waals surface area contributed by atoms with Crippen molar-refractivity contribution < 1.29 is 4.74 Å². The fraction of sp³-hybridized carbons (Fsp3) is 0.833. The molecule has 0 aromatic carbocycles. The normalized spacial score (nSPS) is 21.9. The van der Waals surface area contributed by atoms with Gasteiger partial charge in [0.1, 0.15) is 0 Å². The van der Waals surface area contributed by atoms with E-state index in [9.17, 15) is 0 Å². The van der Waals surface area contributed by atoms with Gasteiger partial charge in [-0.3, -0.25) is 0 Å². The summed E-state index contributed by atoms with van der Waals surface area (Å²) in [5.74, 6) is 0.484. The van der Waals surface area contributed by atoms with Crippen LogP contribution in [0.4, 0.5) is 0 Å². The second-order valence-electron chi connectivity index (χ2n) is 4.49. The van der Waals surface area contributed by atoms with Gasteiger partial charge < -0.3 is 10.5 Å². The third-order valence-corrected chi connectivity index (χ3v) is 3.04. The SMILES string of the molecule is COC(C(C)C)C(N)C1=CCCCC1. The second-order valence-corrected chi connectivity index (χ2v) is 4.49. The average molecular weight is 197 g/mol. The first-order chi connectivity index (χ1) is 6.66.